The molecular formula is C18H26F3N3. The molecule has 0 aromatic heterocycles. The van der Waals surface area contributed by atoms with Gasteiger partial charge in [0.15, 0.2) is 17.5 Å². The lowest BCUT2D eigenvalue weighted by molar-refractivity contribution is 0.200. The summed E-state index contributed by atoms with van der Waals surface area (Å²) < 4.78 is 40.7. The third kappa shape index (κ3) is 3.60. The van der Waals surface area contributed by atoms with Crippen molar-refractivity contribution in [2.75, 3.05) is 33.2 Å². The van der Waals surface area contributed by atoms with E-state index in [9.17, 15) is 13.2 Å². The maximum absolute atomic E-state index is 13.7. The van der Waals surface area contributed by atoms with Crippen molar-refractivity contribution >= 4 is 0 Å². The number of benzene rings is 1. The van der Waals surface area contributed by atoms with E-state index < -0.39 is 17.5 Å². The maximum Gasteiger partial charge on any atom is 0.194 e. The molecule has 6 heteroatoms. The van der Waals surface area contributed by atoms with Crippen LogP contribution < -0.4 is 5.32 Å². The summed E-state index contributed by atoms with van der Waals surface area (Å²) in [5.41, 5.74) is 0.524. The summed E-state index contributed by atoms with van der Waals surface area (Å²) in [6, 6.07) is 2.77. The second-order valence-electron chi connectivity index (χ2n) is 7.01. The monoisotopic (exact) mass is 341 g/mol. The summed E-state index contributed by atoms with van der Waals surface area (Å²) in [5.74, 6) is -3.60. The van der Waals surface area contributed by atoms with Crippen molar-refractivity contribution in [1.82, 2.24) is 15.1 Å². The van der Waals surface area contributed by atoms with Crippen molar-refractivity contribution < 1.29 is 13.2 Å². The second-order valence-corrected chi connectivity index (χ2v) is 7.01. The summed E-state index contributed by atoms with van der Waals surface area (Å²) in [6.45, 7) is 5.85. The Hall–Kier alpha value is -1.11. The van der Waals surface area contributed by atoms with Crippen molar-refractivity contribution in [2.45, 2.75) is 44.3 Å². The fourth-order valence-corrected chi connectivity index (χ4v) is 4.05. The molecule has 134 valence electrons. The van der Waals surface area contributed by atoms with Crippen molar-refractivity contribution in [1.29, 1.82) is 0 Å². The number of nitrogens with one attached hydrogen (secondary N) is 1. The van der Waals surface area contributed by atoms with E-state index in [1.165, 1.54) is 0 Å². The summed E-state index contributed by atoms with van der Waals surface area (Å²) >= 11 is 0. The molecule has 3 nitrogen and oxygen atoms in total. The third-order valence-electron chi connectivity index (χ3n) is 5.42. The Labute approximate surface area is 141 Å². The van der Waals surface area contributed by atoms with Crippen LogP contribution in [0.5, 0.6) is 0 Å². The fourth-order valence-electron chi connectivity index (χ4n) is 4.05. The smallest absolute Gasteiger partial charge is 0.194 e. The quantitative estimate of drug-likeness (QED) is 0.850. The van der Waals surface area contributed by atoms with Crippen molar-refractivity contribution in [3.05, 3.63) is 35.1 Å². The van der Waals surface area contributed by atoms with Crippen molar-refractivity contribution in [3.8, 4) is 0 Å². The average Bonchev–Trinajstić information content (AvgIpc) is 2.97. The molecule has 2 atom stereocenters. The first-order valence-electron chi connectivity index (χ1n) is 8.82. The highest BCUT2D eigenvalue weighted by molar-refractivity contribution is 5.25. The number of rotatable bonds is 4. The Kier molecular flexibility index (Phi) is 5.47. The summed E-state index contributed by atoms with van der Waals surface area (Å²) in [5, 5.41) is 3.70. The third-order valence-corrected chi connectivity index (χ3v) is 5.42. The molecule has 2 fully saturated rings. The van der Waals surface area contributed by atoms with Crippen molar-refractivity contribution in [2.24, 2.45) is 0 Å². The number of hydrogen-bond acceptors (Lipinski definition) is 3. The van der Waals surface area contributed by atoms with Crippen LogP contribution >= 0.6 is 0 Å². The molecule has 1 aromatic rings. The Morgan fingerprint density at radius 3 is 2.25 bits per heavy atom. The van der Waals surface area contributed by atoms with Crippen LogP contribution in [0.15, 0.2) is 12.1 Å². The molecule has 2 aliphatic rings. The lowest BCUT2D eigenvalue weighted by Gasteiger charge is -2.35. The molecule has 2 aliphatic heterocycles. The Bertz CT molecular complexity index is 550. The van der Waals surface area contributed by atoms with Gasteiger partial charge in [0.25, 0.3) is 0 Å². The van der Waals surface area contributed by atoms with E-state index in [0.717, 1.165) is 57.6 Å². The van der Waals surface area contributed by atoms with Crippen LogP contribution in [0.25, 0.3) is 0 Å². The largest absolute Gasteiger partial charge is 0.309 e. The van der Waals surface area contributed by atoms with Gasteiger partial charge in [-0.15, -0.1) is 0 Å². The normalized spacial score (nSPS) is 27.0. The fraction of sp³-hybridized carbons (Fsp3) is 0.667. The van der Waals surface area contributed by atoms with Crippen molar-refractivity contribution in [3.63, 3.8) is 0 Å². The maximum atomic E-state index is 13.7. The standard InChI is InChI=1S/C18H26F3N3/c1-3-24-9-6-16(22-13-4-7-23(2)8-5-13)18(24)12-10-14(19)17(21)15(20)11-12/h10-11,13,16,18,22H,3-9H2,1-2H3/t16-,18+/m1/s1. The molecule has 0 radical (unpaired) electrons. The molecule has 0 spiro atoms. The van der Waals surface area contributed by atoms with Gasteiger partial charge < -0.3 is 10.2 Å². The Morgan fingerprint density at radius 1 is 1.04 bits per heavy atom. The van der Waals surface area contributed by atoms with Gasteiger partial charge in [0.1, 0.15) is 0 Å². The number of halogens is 3. The summed E-state index contributed by atoms with van der Waals surface area (Å²) in [6.07, 6.45) is 3.10. The van der Waals surface area contributed by atoms with E-state index >= 15 is 0 Å². The molecule has 0 bridgehead atoms. The molecule has 0 unspecified atom stereocenters. The van der Waals surface area contributed by atoms with E-state index in [2.05, 4.69) is 22.2 Å². The van der Waals surface area contributed by atoms with Gasteiger partial charge in [0, 0.05) is 18.6 Å². The predicted octanol–water partition coefficient (Wildman–Crippen LogP) is 2.92. The van der Waals surface area contributed by atoms with Crippen LogP contribution in [0.2, 0.25) is 0 Å². The average molecular weight is 341 g/mol. The molecule has 3 rings (SSSR count). The predicted molar refractivity (Wildman–Crippen MR) is 88.4 cm³/mol. The minimum atomic E-state index is -1.39. The first kappa shape index (κ1) is 17.7. The Morgan fingerprint density at radius 2 is 1.67 bits per heavy atom. The van der Waals surface area contributed by atoms with E-state index in [1.54, 1.807) is 0 Å². The lowest BCUT2D eigenvalue weighted by atomic mass is 9.96. The zero-order chi connectivity index (χ0) is 17.3. The zero-order valence-corrected chi connectivity index (χ0v) is 14.4. The Balaban J connectivity index is 1.79. The van der Waals surface area contributed by atoms with Crippen LogP contribution in [0.4, 0.5) is 13.2 Å². The SMILES string of the molecule is CCN1CC[C@@H](NC2CCN(C)CC2)[C@@H]1c1cc(F)c(F)c(F)c1. The molecule has 0 amide bonds. The van der Waals surface area contributed by atoms with E-state index in [-0.39, 0.29) is 12.1 Å². The van der Waals surface area contributed by atoms with Gasteiger partial charge in [0.05, 0.1) is 6.04 Å². The zero-order valence-electron chi connectivity index (χ0n) is 14.4. The summed E-state index contributed by atoms with van der Waals surface area (Å²) in [7, 11) is 2.12. The van der Waals surface area contributed by atoms with Gasteiger partial charge in [-0.3, -0.25) is 4.90 Å². The first-order chi connectivity index (χ1) is 11.5. The van der Waals surface area contributed by atoms with Gasteiger partial charge in [-0.25, -0.2) is 13.2 Å². The second kappa shape index (κ2) is 7.42. The minimum absolute atomic E-state index is 0.112. The number of hydrogen-bond donors (Lipinski definition) is 1. The molecule has 2 saturated heterocycles. The molecule has 0 saturated carbocycles. The number of piperidine rings is 1. The van der Waals surface area contributed by atoms with Crippen LogP contribution in [-0.2, 0) is 0 Å². The van der Waals surface area contributed by atoms with Crippen LogP contribution in [0.3, 0.4) is 0 Å². The van der Waals surface area contributed by atoms with Gasteiger partial charge >= 0.3 is 0 Å². The van der Waals surface area contributed by atoms with E-state index in [4.69, 9.17) is 0 Å². The van der Waals surface area contributed by atoms with Gasteiger partial charge in [-0.2, -0.15) is 0 Å². The number of likely N-dealkylation sites (N-methyl/N-ethyl adjacent to an activating group) is 1. The molecule has 1 aromatic carbocycles. The van der Waals surface area contributed by atoms with Crippen LogP contribution in [-0.4, -0.2) is 55.1 Å². The topological polar surface area (TPSA) is 18.5 Å². The molecule has 2 heterocycles. The number of likely N-dealkylation sites (tertiary alicyclic amines) is 2. The minimum Gasteiger partial charge on any atom is -0.309 e. The number of nitrogens with zero attached hydrogens (tertiary/aromatic N) is 2. The molecule has 1 N–H and O–H groups in total. The van der Waals surface area contributed by atoms with Gasteiger partial charge in [0.2, 0.25) is 0 Å². The van der Waals surface area contributed by atoms with Gasteiger partial charge in [-0.1, -0.05) is 6.92 Å². The van der Waals surface area contributed by atoms with Crippen LogP contribution in [0, 0.1) is 17.5 Å². The van der Waals surface area contributed by atoms with Crippen LogP contribution in [0.1, 0.15) is 37.8 Å². The highest BCUT2D eigenvalue weighted by Gasteiger charge is 2.36. The summed E-state index contributed by atoms with van der Waals surface area (Å²) in [4.78, 5) is 4.52. The lowest BCUT2D eigenvalue weighted by Crippen LogP contribution is -2.47. The molecule has 24 heavy (non-hydrogen) atoms. The van der Waals surface area contributed by atoms with E-state index in [0.29, 0.717) is 11.6 Å². The highest BCUT2D eigenvalue weighted by atomic mass is 19.2. The highest BCUT2D eigenvalue weighted by Crippen LogP contribution is 2.34. The molecular weight excluding hydrogens is 315 g/mol. The van der Waals surface area contributed by atoms with Gasteiger partial charge in [-0.05, 0) is 63.6 Å². The molecule has 0 aliphatic carbocycles. The first-order valence-corrected chi connectivity index (χ1v) is 8.82. The van der Waals surface area contributed by atoms with E-state index in [1.807, 2.05) is 6.92 Å².